The molecule has 1 aromatic heterocycles. The quantitative estimate of drug-likeness (QED) is 0.486. The molecule has 3 N–H and O–H groups in total. The average molecular weight is 316 g/mol. The van der Waals surface area contributed by atoms with Crippen LogP contribution in [0.1, 0.15) is 15.9 Å². The van der Waals surface area contributed by atoms with Gasteiger partial charge in [-0.05, 0) is 29.8 Å². The molecule has 0 aliphatic rings. The van der Waals surface area contributed by atoms with Crippen LogP contribution in [-0.2, 0) is 11.3 Å². The van der Waals surface area contributed by atoms with E-state index in [0.29, 0.717) is 5.56 Å². The fourth-order valence-electron chi connectivity index (χ4n) is 2.47. The Balaban J connectivity index is 2.56. The van der Waals surface area contributed by atoms with Crippen LogP contribution in [0.15, 0.2) is 33.5 Å². The molecule has 0 unspecified atom stereocenters. The van der Waals surface area contributed by atoms with Crippen LogP contribution in [0.5, 0.6) is 11.5 Å². The van der Waals surface area contributed by atoms with E-state index in [1.165, 1.54) is 24.3 Å². The summed E-state index contributed by atoms with van der Waals surface area (Å²) >= 11 is 0. The van der Waals surface area contributed by atoms with Crippen LogP contribution in [0.25, 0.3) is 21.9 Å². The number of benzene rings is 2. The zero-order valence-electron chi connectivity index (χ0n) is 12.0. The average Bonchev–Trinajstić information content (AvgIpc) is 2.54. The van der Waals surface area contributed by atoms with Gasteiger partial charge in [0.25, 0.3) is 0 Å². The Hall–Kier alpha value is -3.06. The molecule has 3 aromatic rings. The summed E-state index contributed by atoms with van der Waals surface area (Å²) in [6.45, 7) is -0.362. The Bertz CT molecular complexity index is 1000. The number of carbonyl (C=O) groups excluding carboxylic acids is 1. The van der Waals surface area contributed by atoms with Crippen molar-refractivity contribution in [1.82, 2.24) is 0 Å². The normalized spacial score (nSPS) is 11.0. The molecule has 118 valence electrons. The summed E-state index contributed by atoms with van der Waals surface area (Å²) in [6, 6.07) is 5.05. The zero-order valence-corrected chi connectivity index (χ0v) is 12.0. The monoisotopic (exact) mass is 316 g/mol. The van der Waals surface area contributed by atoms with Crippen LogP contribution < -0.4 is 5.43 Å². The molecule has 23 heavy (non-hydrogen) atoms. The third-order valence-corrected chi connectivity index (χ3v) is 3.53. The molecule has 0 aliphatic heterocycles. The fourth-order valence-corrected chi connectivity index (χ4v) is 2.47. The largest absolute Gasteiger partial charge is 0.507 e. The topological polar surface area (TPSA) is 117 Å². The standard InChI is InChI=1S/C16H12O7/c1-22-16(21)8-2-3-9(18)15-12(8)14(20)13-10(19)4-7(6-17)5-11(13)23-15/h2-5,17-19H,6H2,1H3. The first-order valence-corrected chi connectivity index (χ1v) is 6.61. The Labute approximate surface area is 129 Å². The van der Waals surface area contributed by atoms with E-state index in [9.17, 15) is 19.8 Å². The minimum absolute atomic E-state index is 0.0103. The van der Waals surface area contributed by atoms with Crippen LogP contribution in [0.3, 0.4) is 0 Å². The predicted octanol–water partition coefficient (Wildman–Crippen LogP) is 1.64. The van der Waals surface area contributed by atoms with Crippen molar-refractivity contribution < 1.29 is 29.3 Å². The third kappa shape index (κ3) is 2.18. The number of aliphatic hydroxyl groups excluding tert-OH is 1. The first kappa shape index (κ1) is 14.9. The number of ether oxygens (including phenoxy) is 1. The molecule has 7 heteroatoms. The first-order valence-electron chi connectivity index (χ1n) is 6.61. The molecule has 0 radical (unpaired) electrons. The van der Waals surface area contributed by atoms with Crippen LogP contribution >= 0.6 is 0 Å². The van der Waals surface area contributed by atoms with Gasteiger partial charge in [-0.2, -0.15) is 0 Å². The van der Waals surface area contributed by atoms with E-state index < -0.39 is 11.4 Å². The number of rotatable bonds is 2. The Morgan fingerprint density at radius 1 is 1.17 bits per heavy atom. The van der Waals surface area contributed by atoms with Crippen molar-refractivity contribution in [3.05, 3.63) is 45.6 Å². The van der Waals surface area contributed by atoms with Gasteiger partial charge in [-0.1, -0.05) is 0 Å². The number of aromatic hydroxyl groups is 2. The van der Waals surface area contributed by atoms with E-state index in [4.69, 9.17) is 9.52 Å². The molecule has 0 aliphatic carbocycles. The van der Waals surface area contributed by atoms with Crippen molar-refractivity contribution in [2.45, 2.75) is 6.61 Å². The van der Waals surface area contributed by atoms with Crippen LogP contribution in [0, 0.1) is 0 Å². The summed E-state index contributed by atoms with van der Waals surface area (Å²) in [5.74, 6) is -1.49. The van der Waals surface area contributed by atoms with E-state index in [1.54, 1.807) is 0 Å². The molecule has 0 atom stereocenters. The van der Waals surface area contributed by atoms with Crippen molar-refractivity contribution in [3.63, 3.8) is 0 Å². The van der Waals surface area contributed by atoms with Crippen molar-refractivity contribution >= 4 is 27.9 Å². The van der Waals surface area contributed by atoms with E-state index in [0.717, 1.165) is 7.11 Å². The smallest absolute Gasteiger partial charge is 0.338 e. The molecule has 0 fully saturated rings. The third-order valence-electron chi connectivity index (χ3n) is 3.53. The molecule has 3 rings (SSSR count). The number of phenols is 2. The van der Waals surface area contributed by atoms with Gasteiger partial charge in [0.2, 0.25) is 5.43 Å². The number of methoxy groups -OCH3 is 1. The molecule has 1 heterocycles. The first-order chi connectivity index (χ1) is 11.0. The summed E-state index contributed by atoms with van der Waals surface area (Å²) in [6.07, 6.45) is 0. The van der Waals surface area contributed by atoms with Crippen molar-refractivity contribution in [1.29, 1.82) is 0 Å². The van der Waals surface area contributed by atoms with Crippen molar-refractivity contribution in [2.24, 2.45) is 0 Å². The van der Waals surface area contributed by atoms with E-state index in [1.807, 2.05) is 0 Å². The van der Waals surface area contributed by atoms with Gasteiger partial charge in [0.05, 0.1) is 24.7 Å². The number of phenolic OH excluding ortho intramolecular Hbond substituents is 2. The lowest BCUT2D eigenvalue weighted by Crippen LogP contribution is -2.10. The van der Waals surface area contributed by atoms with Gasteiger partial charge >= 0.3 is 5.97 Å². The van der Waals surface area contributed by atoms with E-state index in [2.05, 4.69) is 4.74 Å². The summed E-state index contributed by atoms with van der Waals surface area (Å²) < 4.78 is 10.1. The molecule has 2 aromatic carbocycles. The minimum atomic E-state index is -0.770. The van der Waals surface area contributed by atoms with E-state index in [-0.39, 0.29) is 45.6 Å². The molecule has 0 spiro atoms. The Kier molecular flexibility index (Phi) is 3.42. The van der Waals surface area contributed by atoms with Gasteiger partial charge in [-0.3, -0.25) is 4.79 Å². The summed E-state index contributed by atoms with van der Waals surface area (Å²) in [7, 11) is 1.16. The SMILES string of the molecule is COC(=O)c1ccc(O)c2oc3cc(CO)cc(O)c3c(=O)c12. The summed E-state index contributed by atoms with van der Waals surface area (Å²) in [4.78, 5) is 24.5. The number of esters is 1. The Morgan fingerprint density at radius 2 is 1.91 bits per heavy atom. The van der Waals surface area contributed by atoms with Gasteiger partial charge < -0.3 is 24.5 Å². The predicted molar refractivity (Wildman–Crippen MR) is 80.6 cm³/mol. The molecule has 0 bridgehead atoms. The molecule has 0 saturated carbocycles. The van der Waals surface area contributed by atoms with Gasteiger partial charge in [-0.15, -0.1) is 0 Å². The van der Waals surface area contributed by atoms with Gasteiger partial charge in [0, 0.05) is 0 Å². The second-order valence-corrected chi connectivity index (χ2v) is 4.91. The molecular formula is C16H12O7. The minimum Gasteiger partial charge on any atom is -0.507 e. The Morgan fingerprint density at radius 3 is 2.57 bits per heavy atom. The molecule has 7 nitrogen and oxygen atoms in total. The molecule has 0 amide bonds. The van der Waals surface area contributed by atoms with Gasteiger partial charge in [0.15, 0.2) is 11.3 Å². The molecule has 0 saturated heterocycles. The van der Waals surface area contributed by atoms with Crippen LogP contribution in [0.4, 0.5) is 0 Å². The summed E-state index contributed by atoms with van der Waals surface area (Å²) in [5, 5.41) is 28.8. The maximum atomic E-state index is 12.7. The number of hydrogen-bond donors (Lipinski definition) is 3. The highest BCUT2D eigenvalue weighted by molar-refractivity contribution is 6.07. The lowest BCUT2D eigenvalue weighted by Gasteiger charge is -2.09. The maximum Gasteiger partial charge on any atom is 0.338 e. The van der Waals surface area contributed by atoms with Crippen molar-refractivity contribution in [3.8, 4) is 11.5 Å². The summed E-state index contributed by atoms with van der Waals surface area (Å²) in [5.41, 5.74) is -0.633. The number of carbonyl (C=O) groups is 1. The number of fused-ring (bicyclic) bond motifs is 2. The van der Waals surface area contributed by atoms with Gasteiger partial charge in [0.1, 0.15) is 16.7 Å². The van der Waals surface area contributed by atoms with Crippen LogP contribution in [-0.4, -0.2) is 28.4 Å². The molecular weight excluding hydrogens is 304 g/mol. The number of aliphatic hydroxyl groups is 1. The van der Waals surface area contributed by atoms with Gasteiger partial charge in [-0.25, -0.2) is 4.79 Å². The highest BCUT2D eigenvalue weighted by atomic mass is 16.5. The van der Waals surface area contributed by atoms with Crippen LogP contribution in [0.2, 0.25) is 0 Å². The number of hydrogen-bond acceptors (Lipinski definition) is 7. The van der Waals surface area contributed by atoms with E-state index >= 15 is 0 Å². The van der Waals surface area contributed by atoms with Crippen molar-refractivity contribution in [2.75, 3.05) is 7.11 Å². The highest BCUT2D eigenvalue weighted by Gasteiger charge is 2.21. The highest BCUT2D eigenvalue weighted by Crippen LogP contribution is 2.32. The fraction of sp³-hybridized carbons (Fsp3) is 0.125. The lowest BCUT2D eigenvalue weighted by atomic mass is 10.0. The second kappa shape index (κ2) is 5.29. The maximum absolute atomic E-state index is 12.7. The zero-order chi connectivity index (χ0) is 16.7. The second-order valence-electron chi connectivity index (χ2n) is 4.91. The lowest BCUT2D eigenvalue weighted by molar-refractivity contribution is 0.0603.